The predicted molar refractivity (Wildman–Crippen MR) is 125 cm³/mol. The van der Waals surface area contributed by atoms with Gasteiger partial charge in [0.25, 0.3) is 0 Å². The molecular formula is C24H40N8. The zero-order valence-electron chi connectivity index (χ0n) is 19.7. The highest BCUT2D eigenvalue weighted by Crippen LogP contribution is 2.06. The molecule has 1 aliphatic heterocycles. The van der Waals surface area contributed by atoms with Crippen LogP contribution in [0.3, 0.4) is 0 Å². The molecule has 0 amide bonds. The lowest BCUT2D eigenvalue weighted by Crippen LogP contribution is -2.37. The molecule has 8 heteroatoms. The van der Waals surface area contributed by atoms with E-state index in [0.29, 0.717) is 25.7 Å². The summed E-state index contributed by atoms with van der Waals surface area (Å²) >= 11 is 0. The van der Waals surface area contributed by atoms with Crippen molar-refractivity contribution >= 4 is 0 Å². The van der Waals surface area contributed by atoms with Gasteiger partial charge < -0.3 is 19.6 Å². The molecule has 0 aromatic carbocycles. The number of nitriles is 4. The molecule has 0 aromatic rings. The van der Waals surface area contributed by atoms with Crippen LogP contribution in [-0.4, -0.2) is 98.1 Å². The van der Waals surface area contributed by atoms with E-state index in [1.807, 2.05) is 0 Å². The van der Waals surface area contributed by atoms with Crippen LogP contribution in [0.4, 0.5) is 0 Å². The maximum absolute atomic E-state index is 9.01. The van der Waals surface area contributed by atoms with E-state index in [1.54, 1.807) is 0 Å². The zero-order valence-corrected chi connectivity index (χ0v) is 19.7. The predicted octanol–water partition coefficient (Wildman–Crippen LogP) is 2.42. The second-order valence-corrected chi connectivity index (χ2v) is 8.41. The van der Waals surface area contributed by atoms with E-state index in [2.05, 4.69) is 43.9 Å². The van der Waals surface area contributed by atoms with E-state index in [9.17, 15) is 0 Å². The molecule has 32 heavy (non-hydrogen) atoms. The van der Waals surface area contributed by atoms with Crippen LogP contribution < -0.4 is 0 Å². The van der Waals surface area contributed by atoms with Crippen LogP contribution in [0, 0.1) is 45.3 Å². The Balaban J connectivity index is 2.76. The maximum Gasteiger partial charge on any atom is 0.0635 e. The highest BCUT2D eigenvalue weighted by molar-refractivity contribution is 4.78. The Labute approximate surface area is 195 Å². The van der Waals surface area contributed by atoms with Gasteiger partial charge in [-0.05, 0) is 78.0 Å². The first kappa shape index (κ1) is 27.8. The molecule has 0 saturated carbocycles. The molecule has 1 saturated heterocycles. The van der Waals surface area contributed by atoms with Gasteiger partial charge in [-0.3, -0.25) is 0 Å². The molecule has 1 heterocycles. The third kappa shape index (κ3) is 14.0. The molecule has 1 aliphatic rings. The first-order valence-corrected chi connectivity index (χ1v) is 12.1. The summed E-state index contributed by atoms with van der Waals surface area (Å²) in [7, 11) is 0. The summed E-state index contributed by atoms with van der Waals surface area (Å²) in [4.78, 5) is 9.57. The monoisotopic (exact) mass is 440 g/mol. The molecule has 0 atom stereocenters. The molecule has 0 radical (unpaired) electrons. The zero-order chi connectivity index (χ0) is 23.3. The minimum atomic E-state index is 0.550. The van der Waals surface area contributed by atoms with Gasteiger partial charge in [-0.1, -0.05) is 0 Å². The van der Waals surface area contributed by atoms with Gasteiger partial charge >= 0.3 is 0 Å². The largest absolute Gasteiger partial charge is 0.302 e. The Hall–Kier alpha value is -2.20. The molecular weight excluding hydrogens is 400 g/mol. The van der Waals surface area contributed by atoms with Crippen molar-refractivity contribution in [3.05, 3.63) is 0 Å². The van der Waals surface area contributed by atoms with Crippen molar-refractivity contribution in [3.63, 3.8) is 0 Å². The number of hydrogen-bond donors (Lipinski definition) is 0. The fourth-order valence-electron chi connectivity index (χ4n) is 4.25. The van der Waals surface area contributed by atoms with Crippen LogP contribution in [0.25, 0.3) is 0 Å². The highest BCUT2D eigenvalue weighted by Gasteiger charge is 2.13. The fraction of sp³-hybridized carbons (Fsp3) is 0.833. The maximum atomic E-state index is 9.01. The Bertz CT molecular complexity index is 510. The second kappa shape index (κ2) is 19.5. The first-order valence-electron chi connectivity index (χ1n) is 12.1. The van der Waals surface area contributed by atoms with E-state index in [1.165, 1.54) is 0 Å². The summed E-state index contributed by atoms with van der Waals surface area (Å²) in [6, 6.07) is 9.07. The van der Waals surface area contributed by atoms with Gasteiger partial charge in [0.05, 0.1) is 24.3 Å². The second-order valence-electron chi connectivity index (χ2n) is 8.41. The normalized spacial score (nSPS) is 19.4. The Morgan fingerprint density at radius 1 is 0.375 bits per heavy atom. The molecule has 0 aromatic heterocycles. The number of nitrogens with zero attached hydrogens (tertiary/aromatic N) is 8. The minimum absolute atomic E-state index is 0.550. The van der Waals surface area contributed by atoms with E-state index in [0.717, 1.165) is 104 Å². The standard InChI is InChI=1S/C24H40N8/c25-9-1-13-29-17-5-19-30(14-2-10-26)21-7-23-32(16-4-12-28)24-8-22-31(15-3-11-27)20-6-18-29/h1-8,13-24H2. The Kier molecular flexibility index (Phi) is 16.9. The van der Waals surface area contributed by atoms with Crippen molar-refractivity contribution in [1.82, 2.24) is 19.6 Å². The Morgan fingerprint density at radius 2 is 0.562 bits per heavy atom. The van der Waals surface area contributed by atoms with Crippen molar-refractivity contribution in [2.45, 2.75) is 51.4 Å². The number of hydrogen-bond acceptors (Lipinski definition) is 8. The lowest BCUT2D eigenvalue weighted by Gasteiger charge is -2.29. The molecule has 0 bridgehead atoms. The average molecular weight is 441 g/mol. The first-order chi connectivity index (χ1) is 15.7. The van der Waals surface area contributed by atoms with Crippen molar-refractivity contribution in [2.24, 2.45) is 0 Å². The lowest BCUT2D eigenvalue weighted by molar-refractivity contribution is 0.186. The van der Waals surface area contributed by atoms with E-state index >= 15 is 0 Å². The van der Waals surface area contributed by atoms with Gasteiger partial charge in [-0.15, -0.1) is 0 Å². The van der Waals surface area contributed by atoms with Gasteiger partial charge in [0.1, 0.15) is 0 Å². The summed E-state index contributed by atoms with van der Waals surface area (Å²) in [6.07, 6.45) is 6.34. The van der Waals surface area contributed by atoms with Gasteiger partial charge in [0, 0.05) is 51.9 Å². The van der Waals surface area contributed by atoms with E-state index in [4.69, 9.17) is 21.0 Å². The van der Waals surface area contributed by atoms with E-state index in [-0.39, 0.29) is 0 Å². The SMILES string of the molecule is N#CCCN1CCCN(CCC#N)CCCN(CCC#N)CCCN(CCC#N)CCC1. The average Bonchev–Trinajstić information content (AvgIpc) is 2.80. The van der Waals surface area contributed by atoms with Crippen molar-refractivity contribution < 1.29 is 0 Å². The van der Waals surface area contributed by atoms with Crippen LogP contribution in [0.5, 0.6) is 0 Å². The fourth-order valence-corrected chi connectivity index (χ4v) is 4.25. The summed E-state index contributed by atoms with van der Waals surface area (Å²) in [6.45, 7) is 11.0. The third-order valence-corrected chi connectivity index (χ3v) is 5.95. The minimum Gasteiger partial charge on any atom is -0.302 e. The third-order valence-electron chi connectivity index (χ3n) is 5.95. The van der Waals surface area contributed by atoms with Crippen molar-refractivity contribution in [3.8, 4) is 24.3 Å². The summed E-state index contributed by atoms with van der Waals surface area (Å²) in [5.41, 5.74) is 0. The van der Waals surface area contributed by atoms with Gasteiger partial charge in [-0.2, -0.15) is 21.0 Å². The smallest absolute Gasteiger partial charge is 0.0635 e. The van der Waals surface area contributed by atoms with E-state index < -0.39 is 0 Å². The van der Waals surface area contributed by atoms with Crippen LogP contribution in [0.1, 0.15) is 51.4 Å². The molecule has 176 valence electrons. The lowest BCUT2D eigenvalue weighted by atomic mass is 10.2. The van der Waals surface area contributed by atoms with Gasteiger partial charge in [-0.25, -0.2) is 0 Å². The van der Waals surface area contributed by atoms with Crippen molar-refractivity contribution in [2.75, 3.05) is 78.5 Å². The quantitative estimate of drug-likeness (QED) is 0.566. The van der Waals surface area contributed by atoms with Crippen LogP contribution in [0.2, 0.25) is 0 Å². The Morgan fingerprint density at radius 3 is 0.719 bits per heavy atom. The van der Waals surface area contributed by atoms with Gasteiger partial charge in [0.15, 0.2) is 0 Å². The molecule has 0 aliphatic carbocycles. The van der Waals surface area contributed by atoms with Crippen molar-refractivity contribution in [1.29, 1.82) is 21.0 Å². The summed E-state index contributed by atoms with van der Waals surface area (Å²) < 4.78 is 0. The summed E-state index contributed by atoms with van der Waals surface area (Å²) in [5.74, 6) is 0. The highest BCUT2D eigenvalue weighted by atomic mass is 15.2. The molecule has 0 N–H and O–H groups in total. The van der Waals surface area contributed by atoms with Gasteiger partial charge in [0.2, 0.25) is 0 Å². The van der Waals surface area contributed by atoms with Crippen LogP contribution >= 0.6 is 0 Å². The topological polar surface area (TPSA) is 108 Å². The van der Waals surface area contributed by atoms with Crippen LogP contribution in [0.15, 0.2) is 0 Å². The molecule has 0 unspecified atom stereocenters. The number of rotatable bonds is 8. The van der Waals surface area contributed by atoms with Crippen LogP contribution in [-0.2, 0) is 0 Å². The molecule has 1 rings (SSSR count). The molecule has 8 nitrogen and oxygen atoms in total. The molecule has 1 fully saturated rings. The summed E-state index contributed by atoms with van der Waals surface area (Å²) in [5, 5.41) is 36.0. The molecule has 0 spiro atoms.